The molecule has 1 unspecified atom stereocenters. The van der Waals surface area contributed by atoms with Crippen LogP contribution in [0.3, 0.4) is 0 Å². The molecule has 3 aromatic rings. The van der Waals surface area contributed by atoms with E-state index in [1.165, 1.54) is 10.8 Å². The molecule has 0 fully saturated rings. The second-order valence-corrected chi connectivity index (χ2v) is 7.36. The van der Waals surface area contributed by atoms with Gasteiger partial charge in [0.05, 0.1) is 5.25 Å². The molecule has 0 bridgehead atoms. The first kappa shape index (κ1) is 16.6. The third-order valence-corrected chi connectivity index (χ3v) is 5.10. The molecule has 0 spiro atoms. The van der Waals surface area contributed by atoms with Gasteiger partial charge in [-0.1, -0.05) is 60.7 Å². The van der Waals surface area contributed by atoms with Gasteiger partial charge in [-0.2, -0.15) is 0 Å². The van der Waals surface area contributed by atoms with E-state index in [1.807, 2.05) is 56.4 Å². The zero-order valence-electron chi connectivity index (χ0n) is 14.0. The first-order valence-corrected chi connectivity index (χ1v) is 8.96. The van der Waals surface area contributed by atoms with Crippen molar-refractivity contribution in [1.82, 2.24) is 4.90 Å². The van der Waals surface area contributed by atoms with E-state index in [0.29, 0.717) is 6.54 Å². The third-order valence-electron chi connectivity index (χ3n) is 4.02. The number of fused-ring (bicyclic) bond motifs is 1. The summed E-state index contributed by atoms with van der Waals surface area (Å²) in [5.41, 5.74) is 1.15. The average molecular weight is 335 g/mol. The Morgan fingerprint density at radius 3 is 2.38 bits per heavy atom. The van der Waals surface area contributed by atoms with Crippen molar-refractivity contribution in [2.75, 3.05) is 7.05 Å². The van der Waals surface area contributed by atoms with Crippen molar-refractivity contribution in [3.05, 3.63) is 78.4 Å². The molecule has 0 saturated carbocycles. The summed E-state index contributed by atoms with van der Waals surface area (Å²) in [5, 5.41) is 2.32. The van der Waals surface area contributed by atoms with Gasteiger partial charge in [-0.25, -0.2) is 0 Å². The van der Waals surface area contributed by atoms with Crippen LogP contribution in [0.4, 0.5) is 0 Å². The van der Waals surface area contributed by atoms with Gasteiger partial charge in [0.25, 0.3) is 0 Å². The van der Waals surface area contributed by atoms with Crippen LogP contribution in [0.25, 0.3) is 10.8 Å². The number of nitrogens with zero attached hydrogens (tertiary/aromatic N) is 1. The fourth-order valence-corrected chi connectivity index (χ4v) is 3.77. The quantitative estimate of drug-likeness (QED) is 0.613. The molecule has 0 saturated heterocycles. The summed E-state index contributed by atoms with van der Waals surface area (Å²) < 4.78 is 0. The monoisotopic (exact) mass is 335 g/mol. The smallest absolute Gasteiger partial charge is 0.235 e. The molecule has 24 heavy (non-hydrogen) atoms. The lowest BCUT2D eigenvalue weighted by atomic mass is 10.1. The first-order chi connectivity index (χ1) is 11.6. The molecule has 0 radical (unpaired) electrons. The summed E-state index contributed by atoms with van der Waals surface area (Å²) in [6, 6.07) is 24.7. The predicted molar refractivity (Wildman–Crippen MR) is 102 cm³/mol. The number of hydrogen-bond donors (Lipinski definition) is 0. The maximum absolute atomic E-state index is 12.6. The van der Waals surface area contributed by atoms with Crippen LogP contribution in [0.15, 0.2) is 77.7 Å². The summed E-state index contributed by atoms with van der Waals surface area (Å²) in [7, 11) is 1.87. The van der Waals surface area contributed by atoms with Gasteiger partial charge in [-0.15, -0.1) is 11.8 Å². The maximum atomic E-state index is 12.6. The normalized spacial score (nSPS) is 12.1. The second-order valence-electron chi connectivity index (χ2n) is 5.95. The van der Waals surface area contributed by atoms with Gasteiger partial charge in [-0.05, 0) is 35.4 Å². The number of hydrogen-bond acceptors (Lipinski definition) is 2. The standard InChI is InChI=1S/C21H21NOS/c1-16(21(23)22(2)15-17-8-4-3-5-9-17)24-20-13-12-18-10-6-7-11-19(18)14-20/h3-14,16H,15H2,1-2H3. The van der Waals surface area contributed by atoms with Gasteiger partial charge >= 0.3 is 0 Å². The van der Waals surface area contributed by atoms with Crippen LogP contribution in [0.5, 0.6) is 0 Å². The van der Waals surface area contributed by atoms with E-state index in [-0.39, 0.29) is 11.2 Å². The Labute approximate surface area is 147 Å². The Morgan fingerprint density at radius 1 is 0.958 bits per heavy atom. The summed E-state index contributed by atoms with van der Waals surface area (Å²) in [5.74, 6) is 0.150. The van der Waals surface area contributed by atoms with Gasteiger partial charge in [0.2, 0.25) is 5.91 Å². The van der Waals surface area contributed by atoms with E-state index < -0.39 is 0 Å². The van der Waals surface area contributed by atoms with E-state index in [0.717, 1.165) is 10.5 Å². The Morgan fingerprint density at radius 2 is 1.62 bits per heavy atom. The molecule has 1 amide bonds. The highest BCUT2D eigenvalue weighted by Crippen LogP contribution is 2.28. The van der Waals surface area contributed by atoms with Crippen molar-refractivity contribution in [2.45, 2.75) is 23.6 Å². The van der Waals surface area contributed by atoms with Crippen molar-refractivity contribution >= 4 is 28.4 Å². The number of carbonyl (C=O) groups is 1. The number of carbonyl (C=O) groups excluding carboxylic acids is 1. The minimum Gasteiger partial charge on any atom is -0.340 e. The molecule has 0 aliphatic rings. The summed E-state index contributed by atoms with van der Waals surface area (Å²) >= 11 is 1.61. The molecule has 1 atom stereocenters. The highest BCUT2D eigenvalue weighted by molar-refractivity contribution is 8.00. The largest absolute Gasteiger partial charge is 0.340 e. The van der Waals surface area contributed by atoms with Crippen molar-refractivity contribution in [1.29, 1.82) is 0 Å². The highest BCUT2D eigenvalue weighted by atomic mass is 32.2. The van der Waals surface area contributed by atoms with E-state index in [9.17, 15) is 4.79 Å². The number of amides is 1. The Bertz CT molecular complexity index is 831. The lowest BCUT2D eigenvalue weighted by Crippen LogP contribution is -2.32. The minimum absolute atomic E-state index is 0.111. The second kappa shape index (κ2) is 7.54. The Balaban J connectivity index is 1.66. The van der Waals surface area contributed by atoms with Crippen molar-refractivity contribution < 1.29 is 4.79 Å². The van der Waals surface area contributed by atoms with Crippen LogP contribution < -0.4 is 0 Å². The SMILES string of the molecule is CC(Sc1ccc2ccccc2c1)C(=O)N(C)Cc1ccccc1. The van der Waals surface area contributed by atoms with Crippen LogP contribution in [0.2, 0.25) is 0 Å². The Hall–Kier alpha value is -2.26. The molecule has 122 valence electrons. The molecular formula is C21H21NOS. The predicted octanol–water partition coefficient (Wildman–Crippen LogP) is 4.98. The lowest BCUT2D eigenvalue weighted by molar-refractivity contribution is -0.129. The molecular weight excluding hydrogens is 314 g/mol. The van der Waals surface area contributed by atoms with Crippen molar-refractivity contribution in [3.63, 3.8) is 0 Å². The number of benzene rings is 3. The summed E-state index contributed by atoms with van der Waals surface area (Å²) in [4.78, 5) is 15.5. The third kappa shape index (κ3) is 3.98. The maximum Gasteiger partial charge on any atom is 0.235 e. The topological polar surface area (TPSA) is 20.3 Å². The molecule has 3 heteroatoms. The van der Waals surface area contributed by atoms with E-state index in [2.05, 4.69) is 30.3 Å². The molecule has 3 aromatic carbocycles. The van der Waals surface area contributed by atoms with Gasteiger partial charge in [0, 0.05) is 18.5 Å². The van der Waals surface area contributed by atoms with Crippen LogP contribution in [0, 0.1) is 0 Å². The molecule has 2 nitrogen and oxygen atoms in total. The van der Waals surface area contributed by atoms with Gasteiger partial charge in [0.1, 0.15) is 0 Å². The fraction of sp³-hybridized carbons (Fsp3) is 0.190. The summed E-state index contributed by atoms with van der Waals surface area (Å²) in [6.45, 7) is 2.62. The summed E-state index contributed by atoms with van der Waals surface area (Å²) in [6.07, 6.45) is 0. The minimum atomic E-state index is -0.111. The fourth-order valence-electron chi connectivity index (χ4n) is 2.74. The van der Waals surface area contributed by atoms with Crippen LogP contribution in [-0.2, 0) is 11.3 Å². The highest BCUT2D eigenvalue weighted by Gasteiger charge is 2.18. The van der Waals surface area contributed by atoms with E-state index in [4.69, 9.17) is 0 Å². The van der Waals surface area contributed by atoms with Crippen LogP contribution in [0.1, 0.15) is 12.5 Å². The average Bonchev–Trinajstić information content (AvgIpc) is 2.61. The molecule has 0 aliphatic heterocycles. The van der Waals surface area contributed by atoms with Gasteiger partial charge in [-0.3, -0.25) is 4.79 Å². The van der Waals surface area contributed by atoms with Gasteiger partial charge in [0.15, 0.2) is 0 Å². The zero-order valence-corrected chi connectivity index (χ0v) is 14.8. The molecule has 3 rings (SSSR count). The number of rotatable bonds is 5. The zero-order chi connectivity index (χ0) is 16.9. The van der Waals surface area contributed by atoms with Crippen molar-refractivity contribution in [3.8, 4) is 0 Å². The molecule has 0 aromatic heterocycles. The molecule has 0 aliphatic carbocycles. The van der Waals surface area contributed by atoms with Crippen molar-refractivity contribution in [2.24, 2.45) is 0 Å². The molecule has 0 heterocycles. The lowest BCUT2D eigenvalue weighted by Gasteiger charge is -2.21. The molecule has 0 N–H and O–H groups in total. The number of thioether (sulfide) groups is 1. The van der Waals surface area contributed by atoms with E-state index >= 15 is 0 Å². The Kier molecular flexibility index (Phi) is 5.21. The van der Waals surface area contributed by atoms with E-state index in [1.54, 1.807) is 16.7 Å². The van der Waals surface area contributed by atoms with Gasteiger partial charge < -0.3 is 4.90 Å². The van der Waals surface area contributed by atoms with Crippen LogP contribution >= 0.6 is 11.8 Å². The first-order valence-electron chi connectivity index (χ1n) is 8.08. The van der Waals surface area contributed by atoms with Crippen LogP contribution in [-0.4, -0.2) is 23.1 Å².